The first-order valence-electron chi connectivity index (χ1n) is 8.16. The van der Waals surface area contributed by atoms with Gasteiger partial charge >= 0.3 is 0 Å². The van der Waals surface area contributed by atoms with E-state index in [0.29, 0.717) is 5.92 Å². The zero-order valence-corrected chi connectivity index (χ0v) is 12.3. The summed E-state index contributed by atoms with van der Waals surface area (Å²) in [5.41, 5.74) is 10.1. The van der Waals surface area contributed by atoms with E-state index in [1.807, 2.05) is 0 Å². The van der Waals surface area contributed by atoms with Gasteiger partial charge in [-0.2, -0.15) is 0 Å². The van der Waals surface area contributed by atoms with Crippen LogP contribution in [0, 0.1) is 17.3 Å². The van der Waals surface area contributed by atoms with Crippen molar-refractivity contribution in [2.45, 2.75) is 57.5 Å². The van der Waals surface area contributed by atoms with Crippen LogP contribution < -0.4 is 5.73 Å². The fourth-order valence-corrected chi connectivity index (χ4v) is 5.57. The van der Waals surface area contributed by atoms with Crippen LogP contribution >= 0.6 is 0 Å². The molecule has 0 saturated heterocycles. The number of nitrogens with two attached hydrogens (primary N) is 1. The number of aliphatic hydroxyl groups excluding tert-OH is 1. The summed E-state index contributed by atoms with van der Waals surface area (Å²) >= 11 is 0. The zero-order chi connectivity index (χ0) is 13.9. The third kappa shape index (κ3) is 1.60. The van der Waals surface area contributed by atoms with Crippen molar-refractivity contribution in [2.75, 3.05) is 5.73 Å². The molecule has 0 radical (unpaired) electrons. The number of rotatable bonds is 0. The Hall–Kier alpha value is -1.02. The van der Waals surface area contributed by atoms with Crippen LogP contribution in [0.2, 0.25) is 0 Å². The molecule has 20 heavy (non-hydrogen) atoms. The molecule has 0 heterocycles. The van der Waals surface area contributed by atoms with Crippen LogP contribution in [-0.2, 0) is 6.42 Å². The zero-order valence-electron chi connectivity index (χ0n) is 12.3. The monoisotopic (exact) mass is 271 g/mol. The average Bonchev–Trinajstić information content (AvgIpc) is 2.74. The number of hydrogen-bond donors (Lipinski definition) is 2. The van der Waals surface area contributed by atoms with Crippen LogP contribution in [0.15, 0.2) is 18.2 Å². The van der Waals surface area contributed by atoms with Crippen molar-refractivity contribution in [2.24, 2.45) is 17.3 Å². The normalized spacial score (nSPS) is 42.7. The molecule has 4 rings (SSSR count). The highest BCUT2D eigenvalue weighted by atomic mass is 16.3. The van der Waals surface area contributed by atoms with Crippen molar-refractivity contribution in [3.63, 3.8) is 0 Å². The molecule has 0 bridgehead atoms. The first-order valence-corrected chi connectivity index (χ1v) is 8.16. The Kier molecular flexibility index (Phi) is 2.69. The van der Waals surface area contributed by atoms with Crippen LogP contribution in [0.4, 0.5) is 5.69 Å². The van der Waals surface area contributed by atoms with Crippen LogP contribution in [0.1, 0.15) is 56.1 Å². The van der Waals surface area contributed by atoms with Gasteiger partial charge in [0.05, 0.1) is 6.10 Å². The van der Waals surface area contributed by atoms with E-state index in [-0.39, 0.29) is 11.5 Å². The van der Waals surface area contributed by atoms with Crippen molar-refractivity contribution in [3.05, 3.63) is 29.3 Å². The second-order valence-corrected chi connectivity index (χ2v) is 7.51. The lowest BCUT2D eigenvalue weighted by Crippen LogP contribution is -2.43. The number of aryl methyl sites for hydroxylation is 1. The van der Waals surface area contributed by atoms with Crippen molar-refractivity contribution >= 4 is 5.69 Å². The second-order valence-electron chi connectivity index (χ2n) is 7.51. The van der Waals surface area contributed by atoms with Gasteiger partial charge in [0.1, 0.15) is 0 Å². The minimum Gasteiger partial charge on any atom is -0.399 e. The number of benzene rings is 1. The Morgan fingerprint density at radius 3 is 2.90 bits per heavy atom. The molecule has 0 unspecified atom stereocenters. The van der Waals surface area contributed by atoms with Gasteiger partial charge in [-0.3, -0.25) is 0 Å². The summed E-state index contributed by atoms with van der Waals surface area (Å²) in [5, 5.41) is 10.4. The van der Waals surface area contributed by atoms with E-state index in [4.69, 9.17) is 5.73 Å². The van der Waals surface area contributed by atoms with E-state index in [0.717, 1.165) is 23.9 Å². The molecule has 2 fully saturated rings. The molecule has 108 valence electrons. The van der Waals surface area contributed by atoms with E-state index in [2.05, 4.69) is 25.1 Å². The number of fused-ring (bicyclic) bond motifs is 5. The molecule has 3 N–H and O–H groups in total. The van der Waals surface area contributed by atoms with Gasteiger partial charge in [-0.25, -0.2) is 0 Å². The van der Waals surface area contributed by atoms with E-state index in [1.54, 1.807) is 5.56 Å². The lowest BCUT2D eigenvalue weighted by molar-refractivity contribution is -0.0226. The van der Waals surface area contributed by atoms with E-state index >= 15 is 0 Å². The predicted octanol–water partition coefficient (Wildman–Crippen LogP) is 3.49. The Balaban J connectivity index is 1.71. The minimum absolute atomic E-state index is 0.0683. The highest BCUT2D eigenvalue weighted by molar-refractivity contribution is 5.47. The van der Waals surface area contributed by atoms with Crippen LogP contribution in [0.3, 0.4) is 0 Å². The van der Waals surface area contributed by atoms with Gasteiger partial charge < -0.3 is 10.8 Å². The molecule has 1 aromatic rings. The van der Waals surface area contributed by atoms with Gasteiger partial charge in [0.25, 0.3) is 0 Å². The molecule has 0 amide bonds. The smallest absolute Gasteiger partial charge is 0.0596 e. The summed E-state index contributed by atoms with van der Waals surface area (Å²) in [6.07, 6.45) is 7.05. The molecule has 5 atom stereocenters. The molecule has 2 heteroatoms. The summed E-state index contributed by atoms with van der Waals surface area (Å²) in [4.78, 5) is 0. The second kappa shape index (κ2) is 4.24. The Labute approximate surface area is 121 Å². The number of aliphatic hydroxyl groups is 1. The van der Waals surface area contributed by atoms with Crippen molar-refractivity contribution < 1.29 is 5.11 Å². The molecule has 0 spiro atoms. The maximum atomic E-state index is 10.4. The highest BCUT2D eigenvalue weighted by Crippen LogP contribution is 2.60. The third-order valence-corrected chi connectivity index (χ3v) is 6.70. The van der Waals surface area contributed by atoms with Gasteiger partial charge in [0.15, 0.2) is 0 Å². The van der Waals surface area contributed by atoms with Crippen LogP contribution in [-0.4, -0.2) is 11.2 Å². The van der Waals surface area contributed by atoms with Crippen molar-refractivity contribution in [1.29, 1.82) is 0 Å². The van der Waals surface area contributed by atoms with E-state index in [9.17, 15) is 5.11 Å². The minimum atomic E-state index is -0.0683. The molecule has 0 aromatic heterocycles. The Morgan fingerprint density at radius 1 is 1.20 bits per heavy atom. The maximum Gasteiger partial charge on any atom is 0.0596 e. The summed E-state index contributed by atoms with van der Waals surface area (Å²) in [6.45, 7) is 2.34. The number of hydrogen-bond acceptors (Lipinski definition) is 2. The standard InChI is InChI=1S/C18H25NO/c1-18-9-8-14-13-5-3-12(19)10-11(13)2-4-15(14)16(18)6-7-17(18)20/h3,5,10,14-17,20H,2,4,6-9,19H2,1H3/t14-,15+,16+,17+,18-/m1/s1. The molecule has 1 aromatic carbocycles. The lowest BCUT2D eigenvalue weighted by atomic mass is 9.55. The molecule has 2 nitrogen and oxygen atoms in total. The number of anilines is 1. The summed E-state index contributed by atoms with van der Waals surface area (Å²) < 4.78 is 0. The first-order chi connectivity index (χ1) is 9.59. The quantitative estimate of drug-likeness (QED) is 0.710. The molecular formula is C18H25NO. The fourth-order valence-electron chi connectivity index (χ4n) is 5.57. The van der Waals surface area contributed by atoms with Crippen LogP contribution in [0.5, 0.6) is 0 Å². The first kappa shape index (κ1) is 12.7. The van der Waals surface area contributed by atoms with Crippen molar-refractivity contribution in [3.8, 4) is 0 Å². The van der Waals surface area contributed by atoms with Crippen molar-refractivity contribution in [1.82, 2.24) is 0 Å². The molecular weight excluding hydrogens is 246 g/mol. The average molecular weight is 271 g/mol. The SMILES string of the molecule is C[C@@]12CC[C@@H]3c4ccc(N)cc4CC[C@@H]3[C@@H]1CC[C@@H]2O. The van der Waals surface area contributed by atoms with E-state index < -0.39 is 0 Å². The topological polar surface area (TPSA) is 46.2 Å². The van der Waals surface area contributed by atoms with Gasteiger partial charge in [-0.15, -0.1) is 0 Å². The van der Waals surface area contributed by atoms with Gasteiger partial charge in [-0.05, 0) is 85.0 Å². The third-order valence-electron chi connectivity index (χ3n) is 6.70. The largest absolute Gasteiger partial charge is 0.399 e. The Morgan fingerprint density at radius 2 is 2.05 bits per heavy atom. The Bertz CT molecular complexity index is 540. The molecule has 3 aliphatic carbocycles. The van der Waals surface area contributed by atoms with E-state index in [1.165, 1.54) is 37.7 Å². The lowest BCUT2D eigenvalue weighted by Gasteiger charge is -2.50. The van der Waals surface area contributed by atoms with Gasteiger partial charge in [0.2, 0.25) is 0 Å². The van der Waals surface area contributed by atoms with Crippen LogP contribution in [0.25, 0.3) is 0 Å². The summed E-state index contributed by atoms with van der Waals surface area (Å²) in [5.74, 6) is 2.21. The predicted molar refractivity (Wildman–Crippen MR) is 81.5 cm³/mol. The summed E-state index contributed by atoms with van der Waals surface area (Å²) in [7, 11) is 0. The summed E-state index contributed by atoms with van der Waals surface area (Å²) in [6, 6.07) is 6.52. The van der Waals surface area contributed by atoms with Gasteiger partial charge in [0, 0.05) is 5.69 Å². The fraction of sp³-hybridized carbons (Fsp3) is 0.667. The molecule has 3 aliphatic rings. The molecule has 2 saturated carbocycles. The van der Waals surface area contributed by atoms with Gasteiger partial charge in [-0.1, -0.05) is 13.0 Å². The maximum absolute atomic E-state index is 10.4. The highest BCUT2D eigenvalue weighted by Gasteiger charge is 2.54. The molecule has 0 aliphatic heterocycles. The number of nitrogen functional groups attached to an aromatic ring is 1.